The van der Waals surface area contributed by atoms with E-state index in [1.807, 2.05) is 0 Å². The predicted molar refractivity (Wildman–Crippen MR) is 88.1 cm³/mol. The van der Waals surface area contributed by atoms with Gasteiger partial charge < -0.3 is 5.32 Å². The summed E-state index contributed by atoms with van der Waals surface area (Å²) < 4.78 is 0. The monoisotopic (exact) mass is 275 g/mol. The molecule has 2 aromatic carbocycles. The van der Waals surface area contributed by atoms with Gasteiger partial charge in [-0.05, 0) is 42.0 Å². The smallest absolute Gasteiger partial charge is 0.0659 e. The van der Waals surface area contributed by atoms with E-state index in [1.165, 1.54) is 29.2 Å². The van der Waals surface area contributed by atoms with E-state index in [2.05, 4.69) is 54.3 Å². The molecule has 0 aromatic heterocycles. The molecule has 1 aliphatic carbocycles. The van der Waals surface area contributed by atoms with Gasteiger partial charge in [0.05, 0.1) is 5.49 Å². The SMILES string of the molecule is CS.S=CNc1ccc(C2CC2)c2ccccc12. The van der Waals surface area contributed by atoms with Crippen LogP contribution in [0.2, 0.25) is 0 Å². The molecular formula is C15H17NS2. The lowest BCUT2D eigenvalue weighted by Gasteiger charge is -2.10. The first-order valence-electron chi connectivity index (χ1n) is 6.06. The van der Waals surface area contributed by atoms with Crippen LogP contribution in [0.1, 0.15) is 24.3 Å². The molecule has 0 bridgehead atoms. The largest absolute Gasteiger partial charge is 0.352 e. The molecule has 2 aromatic rings. The van der Waals surface area contributed by atoms with E-state index in [4.69, 9.17) is 12.2 Å². The lowest BCUT2D eigenvalue weighted by Crippen LogP contribution is -1.94. The Morgan fingerprint density at radius 2 is 1.78 bits per heavy atom. The molecule has 1 aliphatic rings. The van der Waals surface area contributed by atoms with Crippen LogP contribution in [0.4, 0.5) is 5.69 Å². The molecule has 0 aliphatic heterocycles. The molecule has 1 N–H and O–H groups in total. The molecule has 1 saturated carbocycles. The fraction of sp³-hybridized carbons (Fsp3) is 0.267. The Morgan fingerprint density at radius 3 is 2.39 bits per heavy atom. The highest BCUT2D eigenvalue weighted by molar-refractivity contribution is 7.79. The van der Waals surface area contributed by atoms with Gasteiger partial charge in [0.15, 0.2) is 0 Å². The van der Waals surface area contributed by atoms with Crippen LogP contribution in [0.15, 0.2) is 36.4 Å². The van der Waals surface area contributed by atoms with Gasteiger partial charge in [0.1, 0.15) is 0 Å². The van der Waals surface area contributed by atoms with Crippen LogP contribution in [0.3, 0.4) is 0 Å². The van der Waals surface area contributed by atoms with Gasteiger partial charge in [0, 0.05) is 11.1 Å². The van der Waals surface area contributed by atoms with E-state index in [9.17, 15) is 0 Å². The summed E-state index contributed by atoms with van der Waals surface area (Å²) in [7, 11) is 0. The first-order valence-corrected chi connectivity index (χ1v) is 7.43. The molecule has 1 nitrogen and oxygen atoms in total. The Kier molecular flexibility index (Phi) is 4.61. The summed E-state index contributed by atoms with van der Waals surface area (Å²) in [6, 6.07) is 12.9. The van der Waals surface area contributed by atoms with E-state index < -0.39 is 0 Å². The summed E-state index contributed by atoms with van der Waals surface area (Å²) in [5.74, 6) is 0.784. The maximum atomic E-state index is 4.86. The minimum absolute atomic E-state index is 0.784. The van der Waals surface area contributed by atoms with E-state index >= 15 is 0 Å². The van der Waals surface area contributed by atoms with Crippen LogP contribution in [-0.2, 0) is 0 Å². The normalized spacial score (nSPS) is 13.7. The lowest BCUT2D eigenvalue weighted by atomic mass is 10.00. The van der Waals surface area contributed by atoms with Crippen LogP contribution in [0.25, 0.3) is 10.8 Å². The second-order valence-electron chi connectivity index (χ2n) is 4.28. The van der Waals surface area contributed by atoms with Crippen molar-refractivity contribution >= 4 is 46.8 Å². The molecule has 0 amide bonds. The zero-order chi connectivity index (χ0) is 13.0. The van der Waals surface area contributed by atoms with Gasteiger partial charge in [-0.2, -0.15) is 12.6 Å². The number of hydrogen-bond acceptors (Lipinski definition) is 2. The summed E-state index contributed by atoms with van der Waals surface area (Å²) >= 11 is 8.39. The van der Waals surface area contributed by atoms with Crippen molar-refractivity contribution in [2.24, 2.45) is 0 Å². The fourth-order valence-corrected chi connectivity index (χ4v) is 2.39. The van der Waals surface area contributed by atoms with Gasteiger partial charge in [-0.15, -0.1) is 0 Å². The second-order valence-corrected chi connectivity index (χ2v) is 4.52. The van der Waals surface area contributed by atoms with Crippen LogP contribution in [0.5, 0.6) is 0 Å². The first-order chi connectivity index (χ1) is 8.90. The molecule has 18 heavy (non-hydrogen) atoms. The molecule has 0 atom stereocenters. The topological polar surface area (TPSA) is 12.0 Å². The second kappa shape index (κ2) is 6.21. The van der Waals surface area contributed by atoms with Crippen molar-refractivity contribution in [3.8, 4) is 0 Å². The highest BCUT2D eigenvalue weighted by atomic mass is 32.1. The van der Waals surface area contributed by atoms with Crippen molar-refractivity contribution in [3.05, 3.63) is 42.0 Å². The Morgan fingerprint density at radius 1 is 1.11 bits per heavy atom. The molecule has 0 spiro atoms. The zero-order valence-electron chi connectivity index (χ0n) is 10.4. The van der Waals surface area contributed by atoms with Crippen LogP contribution in [0, 0.1) is 0 Å². The summed E-state index contributed by atoms with van der Waals surface area (Å²) in [6.07, 6.45) is 4.37. The van der Waals surface area contributed by atoms with Gasteiger partial charge in [-0.3, -0.25) is 0 Å². The number of hydrogen-bond donors (Lipinski definition) is 2. The molecule has 0 saturated heterocycles. The zero-order valence-corrected chi connectivity index (χ0v) is 12.1. The molecule has 1 fully saturated rings. The molecule has 94 valence electrons. The molecule has 0 heterocycles. The van der Waals surface area contributed by atoms with Crippen LogP contribution in [-0.4, -0.2) is 11.7 Å². The van der Waals surface area contributed by atoms with Crippen molar-refractivity contribution in [1.29, 1.82) is 0 Å². The fourth-order valence-electron chi connectivity index (χ4n) is 2.26. The minimum atomic E-state index is 0.784. The summed E-state index contributed by atoms with van der Waals surface area (Å²) in [5, 5.41) is 5.77. The number of rotatable bonds is 3. The van der Waals surface area contributed by atoms with Gasteiger partial charge in [-0.1, -0.05) is 42.5 Å². The van der Waals surface area contributed by atoms with Crippen LogP contribution >= 0.6 is 24.8 Å². The third-order valence-corrected chi connectivity index (χ3v) is 3.31. The van der Waals surface area contributed by atoms with Crippen molar-refractivity contribution in [1.82, 2.24) is 0 Å². The first kappa shape index (κ1) is 13.4. The number of thiocarbonyl (C=S) groups is 1. The van der Waals surface area contributed by atoms with Gasteiger partial charge in [0.2, 0.25) is 0 Å². The van der Waals surface area contributed by atoms with E-state index in [0.717, 1.165) is 11.6 Å². The number of benzene rings is 2. The minimum Gasteiger partial charge on any atom is -0.352 e. The lowest BCUT2D eigenvalue weighted by molar-refractivity contribution is 1.15. The third-order valence-electron chi connectivity index (χ3n) is 3.19. The van der Waals surface area contributed by atoms with Crippen molar-refractivity contribution < 1.29 is 0 Å². The number of thiol groups is 1. The number of anilines is 1. The van der Waals surface area contributed by atoms with E-state index in [1.54, 1.807) is 11.7 Å². The quantitative estimate of drug-likeness (QED) is 0.625. The van der Waals surface area contributed by atoms with Crippen molar-refractivity contribution in [3.63, 3.8) is 0 Å². The van der Waals surface area contributed by atoms with Gasteiger partial charge in [0.25, 0.3) is 0 Å². The van der Waals surface area contributed by atoms with Crippen molar-refractivity contribution in [2.45, 2.75) is 18.8 Å². The Balaban J connectivity index is 0.000000574. The average Bonchev–Trinajstić information content (AvgIpc) is 3.26. The van der Waals surface area contributed by atoms with E-state index in [0.29, 0.717) is 0 Å². The van der Waals surface area contributed by atoms with Crippen LogP contribution < -0.4 is 5.32 Å². The molecular weight excluding hydrogens is 258 g/mol. The summed E-state index contributed by atoms with van der Waals surface area (Å²) in [4.78, 5) is 0. The Labute approximate surface area is 119 Å². The van der Waals surface area contributed by atoms with Gasteiger partial charge in [-0.25, -0.2) is 0 Å². The van der Waals surface area contributed by atoms with E-state index in [-0.39, 0.29) is 0 Å². The maximum absolute atomic E-state index is 4.86. The highest BCUT2D eigenvalue weighted by Crippen LogP contribution is 2.44. The number of nitrogens with one attached hydrogen (secondary N) is 1. The number of fused-ring (bicyclic) bond motifs is 1. The summed E-state index contributed by atoms with van der Waals surface area (Å²) in [5.41, 5.74) is 4.17. The highest BCUT2D eigenvalue weighted by Gasteiger charge is 2.25. The molecule has 3 heteroatoms. The standard InChI is InChI=1S/C14H13NS.CH4S/c16-9-15-14-8-7-11(10-5-6-10)12-3-1-2-4-13(12)14;1-2/h1-4,7-10H,5-6H2,(H,15,16);2H,1H3. The Hall–Kier alpha value is -1.06. The molecule has 0 unspecified atom stereocenters. The van der Waals surface area contributed by atoms with Crippen molar-refractivity contribution in [2.75, 3.05) is 11.6 Å². The Bertz CT molecular complexity index is 547. The van der Waals surface area contributed by atoms with Gasteiger partial charge >= 0.3 is 0 Å². The predicted octanol–water partition coefficient (Wildman–Crippen LogP) is 4.63. The maximum Gasteiger partial charge on any atom is 0.0659 e. The molecule has 3 rings (SSSR count). The summed E-state index contributed by atoms with van der Waals surface area (Å²) in [6.45, 7) is 0. The third kappa shape index (κ3) is 2.68. The molecule has 0 radical (unpaired) electrons. The average molecular weight is 275 g/mol.